The first-order valence-corrected chi connectivity index (χ1v) is 7.95. The van der Waals surface area contributed by atoms with Gasteiger partial charge in [0.25, 0.3) is 5.91 Å². The van der Waals surface area contributed by atoms with Gasteiger partial charge in [-0.15, -0.1) is 11.3 Å². The topological polar surface area (TPSA) is 46.2 Å². The Morgan fingerprint density at radius 1 is 1.17 bits per heavy atom. The van der Waals surface area contributed by atoms with Gasteiger partial charge < -0.3 is 5.32 Å². The highest BCUT2D eigenvalue weighted by Gasteiger charge is 2.19. The van der Waals surface area contributed by atoms with E-state index in [4.69, 9.17) is 11.6 Å². The highest BCUT2D eigenvalue weighted by Crippen LogP contribution is 2.36. The molecule has 3 rings (SSSR count). The molecule has 0 fully saturated rings. The van der Waals surface area contributed by atoms with Crippen LogP contribution in [0.5, 0.6) is 0 Å². The zero-order valence-corrected chi connectivity index (χ0v) is 13.6. The van der Waals surface area contributed by atoms with E-state index in [0.29, 0.717) is 21.3 Å². The molecule has 3 aromatic rings. The monoisotopic (exact) mass is 347 g/mol. The Kier molecular flexibility index (Phi) is 4.15. The second kappa shape index (κ2) is 6.10. The van der Waals surface area contributed by atoms with E-state index in [1.807, 2.05) is 0 Å². The molecule has 0 aliphatic rings. The number of benzene rings is 2. The van der Waals surface area contributed by atoms with Crippen molar-refractivity contribution in [3.8, 4) is 0 Å². The molecule has 23 heavy (non-hydrogen) atoms. The number of carbonyl (C=O) groups excluding carboxylic acids is 2. The summed E-state index contributed by atoms with van der Waals surface area (Å²) < 4.78 is 13.9. The number of hydrogen-bond donors (Lipinski definition) is 1. The standard InChI is InChI=1S/C17H11ClFNO2S/c1-9(21)11-4-2-3-5-13(11)20-17(22)16-15(18)12-7-6-10(19)8-14(12)23-16/h2-8H,1H3,(H,20,22). The van der Waals surface area contributed by atoms with E-state index < -0.39 is 5.91 Å². The van der Waals surface area contributed by atoms with Gasteiger partial charge in [-0.05, 0) is 37.3 Å². The molecule has 0 bridgehead atoms. The normalized spacial score (nSPS) is 10.7. The van der Waals surface area contributed by atoms with E-state index in [1.54, 1.807) is 30.3 Å². The Morgan fingerprint density at radius 2 is 1.91 bits per heavy atom. The third-order valence-electron chi connectivity index (χ3n) is 3.35. The fourth-order valence-corrected chi connectivity index (χ4v) is 3.70. The Morgan fingerprint density at radius 3 is 2.65 bits per heavy atom. The van der Waals surface area contributed by atoms with E-state index in [2.05, 4.69) is 5.32 Å². The van der Waals surface area contributed by atoms with Crippen molar-refractivity contribution in [2.24, 2.45) is 0 Å². The van der Waals surface area contributed by atoms with Crippen molar-refractivity contribution < 1.29 is 14.0 Å². The zero-order valence-electron chi connectivity index (χ0n) is 12.0. The first kappa shape index (κ1) is 15.6. The molecule has 1 amide bonds. The van der Waals surface area contributed by atoms with E-state index in [1.165, 1.54) is 19.1 Å². The lowest BCUT2D eigenvalue weighted by Gasteiger charge is -2.08. The summed E-state index contributed by atoms with van der Waals surface area (Å²) >= 11 is 7.34. The SMILES string of the molecule is CC(=O)c1ccccc1NC(=O)c1sc2cc(F)ccc2c1Cl. The maximum Gasteiger partial charge on any atom is 0.267 e. The van der Waals surface area contributed by atoms with Crippen LogP contribution in [0.4, 0.5) is 10.1 Å². The minimum absolute atomic E-state index is 0.148. The van der Waals surface area contributed by atoms with Crippen LogP contribution in [0.3, 0.4) is 0 Å². The average Bonchev–Trinajstić information content (AvgIpc) is 2.84. The molecule has 0 aliphatic carbocycles. The molecule has 116 valence electrons. The van der Waals surface area contributed by atoms with Crippen molar-refractivity contribution in [1.82, 2.24) is 0 Å². The smallest absolute Gasteiger partial charge is 0.267 e. The van der Waals surface area contributed by atoms with E-state index in [9.17, 15) is 14.0 Å². The largest absolute Gasteiger partial charge is 0.321 e. The number of carbonyl (C=O) groups is 2. The van der Waals surface area contributed by atoms with Gasteiger partial charge in [0.2, 0.25) is 0 Å². The van der Waals surface area contributed by atoms with E-state index in [-0.39, 0.29) is 21.5 Å². The summed E-state index contributed by atoms with van der Waals surface area (Å²) in [6.07, 6.45) is 0. The lowest BCUT2D eigenvalue weighted by molar-refractivity contribution is 0.101. The lowest BCUT2D eigenvalue weighted by atomic mass is 10.1. The number of nitrogens with one attached hydrogen (secondary N) is 1. The van der Waals surface area contributed by atoms with Gasteiger partial charge in [0.05, 0.1) is 10.7 Å². The molecule has 1 aromatic heterocycles. The van der Waals surface area contributed by atoms with Gasteiger partial charge in [0.15, 0.2) is 5.78 Å². The van der Waals surface area contributed by atoms with Crippen LogP contribution in [0.15, 0.2) is 42.5 Å². The molecule has 3 nitrogen and oxygen atoms in total. The average molecular weight is 348 g/mol. The van der Waals surface area contributed by atoms with Gasteiger partial charge in [0.1, 0.15) is 10.7 Å². The van der Waals surface area contributed by atoms with Crippen molar-refractivity contribution in [3.05, 3.63) is 63.7 Å². The van der Waals surface area contributed by atoms with Crippen LogP contribution in [0.25, 0.3) is 10.1 Å². The number of thiophene rings is 1. The molecule has 1 N–H and O–H groups in total. The molecule has 0 spiro atoms. The molecular formula is C17H11ClFNO2S. The van der Waals surface area contributed by atoms with Crippen molar-refractivity contribution in [2.45, 2.75) is 6.92 Å². The Labute approximate surface area is 140 Å². The third-order valence-corrected chi connectivity index (χ3v) is 5.01. The predicted octanol–water partition coefficient (Wildman–Crippen LogP) is 5.15. The van der Waals surface area contributed by atoms with Gasteiger partial charge in [-0.1, -0.05) is 23.7 Å². The van der Waals surface area contributed by atoms with Crippen LogP contribution in [-0.4, -0.2) is 11.7 Å². The number of hydrogen-bond acceptors (Lipinski definition) is 3. The molecule has 6 heteroatoms. The predicted molar refractivity (Wildman–Crippen MR) is 91.2 cm³/mol. The first-order valence-electron chi connectivity index (χ1n) is 6.76. The van der Waals surface area contributed by atoms with E-state index in [0.717, 1.165) is 11.3 Å². The van der Waals surface area contributed by atoms with Gasteiger partial charge >= 0.3 is 0 Å². The molecule has 0 saturated carbocycles. The minimum atomic E-state index is -0.426. The van der Waals surface area contributed by atoms with Crippen molar-refractivity contribution in [3.63, 3.8) is 0 Å². The maximum atomic E-state index is 13.3. The number of ketones is 1. The Bertz CT molecular complexity index is 935. The summed E-state index contributed by atoms with van der Waals surface area (Å²) in [6, 6.07) is 10.9. The lowest BCUT2D eigenvalue weighted by Crippen LogP contribution is -2.13. The first-order chi connectivity index (χ1) is 11.0. The van der Waals surface area contributed by atoms with Crippen LogP contribution in [-0.2, 0) is 0 Å². The van der Waals surface area contributed by atoms with Crippen molar-refractivity contribution >= 4 is 50.4 Å². The van der Waals surface area contributed by atoms with Crippen molar-refractivity contribution in [2.75, 3.05) is 5.32 Å². The summed E-state index contributed by atoms with van der Waals surface area (Å²) in [6.45, 7) is 1.43. The molecule has 2 aromatic carbocycles. The number of halogens is 2. The summed E-state index contributed by atoms with van der Waals surface area (Å²) in [5.41, 5.74) is 0.842. The molecule has 1 heterocycles. The summed E-state index contributed by atoms with van der Waals surface area (Å²) in [4.78, 5) is 24.4. The number of para-hydroxylation sites is 1. The number of Topliss-reactive ketones (excluding diaryl/α,β-unsaturated/α-hetero) is 1. The highest BCUT2D eigenvalue weighted by atomic mass is 35.5. The fraction of sp³-hybridized carbons (Fsp3) is 0.0588. The minimum Gasteiger partial charge on any atom is -0.321 e. The van der Waals surface area contributed by atoms with Gasteiger partial charge in [0, 0.05) is 15.6 Å². The van der Waals surface area contributed by atoms with Crippen LogP contribution in [0.1, 0.15) is 27.0 Å². The number of fused-ring (bicyclic) bond motifs is 1. The number of anilines is 1. The second-order valence-electron chi connectivity index (χ2n) is 4.94. The fourth-order valence-electron chi connectivity index (χ4n) is 2.26. The number of rotatable bonds is 3. The second-order valence-corrected chi connectivity index (χ2v) is 6.37. The van der Waals surface area contributed by atoms with Crippen LogP contribution in [0, 0.1) is 5.82 Å². The van der Waals surface area contributed by atoms with Gasteiger partial charge in [-0.3, -0.25) is 9.59 Å². The van der Waals surface area contributed by atoms with Gasteiger partial charge in [-0.25, -0.2) is 4.39 Å². The molecule has 0 saturated heterocycles. The zero-order chi connectivity index (χ0) is 16.6. The van der Waals surface area contributed by atoms with Gasteiger partial charge in [-0.2, -0.15) is 0 Å². The van der Waals surface area contributed by atoms with Crippen molar-refractivity contribution in [1.29, 1.82) is 0 Å². The Hall–Kier alpha value is -2.24. The summed E-state index contributed by atoms with van der Waals surface area (Å²) in [7, 11) is 0. The van der Waals surface area contributed by atoms with Crippen LogP contribution < -0.4 is 5.32 Å². The molecule has 0 radical (unpaired) electrons. The van der Waals surface area contributed by atoms with Crippen LogP contribution in [0.2, 0.25) is 5.02 Å². The number of amides is 1. The molecule has 0 atom stereocenters. The van der Waals surface area contributed by atoms with Crippen LogP contribution >= 0.6 is 22.9 Å². The Balaban J connectivity index is 1.99. The summed E-state index contributed by atoms with van der Waals surface area (Å²) in [5, 5.41) is 3.61. The molecule has 0 aliphatic heterocycles. The third kappa shape index (κ3) is 2.98. The molecule has 0 unspecified atom stereocenters. The highest BCUT2D eigenvalue weighted by molar-refractivity contribution is 7.21. The quantitative estimate of drug-likeness (QED) is 0.666. The summed E-state index contributed by atoms with van der Waals surface area (Å²) in [5.74, 6) is -0.958. The maximum absolute atomic E-state index is 13.3. The van der Waals surface area contributed by atoms with E-state index >= 15 is 0 Å². The molecular weight excluding hydrogens is 337 g/mol.